The molecule has 0 saturated heterocycles. The van der Waals surface area contributed by atoms with Gasteiger partial charge in [0.25, 0.3) is 0 Å². The van der Waals surface area contributed by atoms with E-state index in [0.29, 0.717) is 0 Å². The molecule has 2 heteroatoms. The van der Waals surface area contributed by atoms with E-state index >= 15 is 0 Å². The van der Waals surface area contributed by atoms with Crippen LogP contribution in [-0.4, -0.2) is 12.9 Å². The van der Waals surface area contributed by atoms with Crippen LogP contribution in [0.3, 0.4) is 0 Å². The quantitative estimate of drug-likeness (QED) is 0.539. The number of carbonyl (C=O) groups is 1. The number of ketones is 1. The first-order chi connectivity index (χ1) is 10.8. The molecule has 106 valence electrons. The van der Waals surface area contributed by atoms with Crippen molar-refractivity contribution in [2.75, 3.05) is 7.11 Å². The van der Waals surface area contributed by atoms with Gasteiger partial charge in [-0.15, -0.1) is 0 Å². The smallest absolute Gasteiger partial charge is 0.194 e. The summed E-state index contributed by atoms with van der Waals surface area (Å²) in [5, 5.41) is 0. The largest absolute Gasteiger partial charge is 0.497 e. The molecular formula is C20H14O2. The Morgan fingerprint density at radius 3 is 2.05 bits per heavy atom. The van der Waals surface area contributed by atoms with E-state index in [1.807, 2.05) is 66.7 Å². The maximum atomic E-state index is 12.8. The zero-order chi connectivity index (χ0) is 15.1. The molecule has 0 amide bonds. The minimum atomic E-state index is 0.108. The molecule has 0 unspecified atom stereocenters. The maximum absolute atomic E-state index is 12.8. The normalized spacial score (nSPS) is 12.0. The van der Waals surface area contributed by atoms with Gasteiger partial charge in [-0.1, -0.05) is 54.6 Å². The molecule has 0 N–H and O–H groups in total. The molecule has 3 aromatic rings. The van der Waals surface area contributed by atoms with Crippen LogP contribution in [0.2, 0.25) is 0 Å². The third-order valence-electron chi connectivity index (χ3n) is 4.15. The summed E-state index contributed by atoms with van der Waals surface area (Å²) in [6, 6.07) is 21.6. The monoisotopic (exact) mass is 286 g/mol. The Hall–Kier alpha value is -2.87. The van der Waals surface area contributed by atoms with Gasteiger partial charge in [-0.25, -0.2) is 0 Å². The third kappa shape index (κ3) is 1.77. The van der Waals surface area contributed by atoms with Gasteiger partial charge in [0.15, 0.2) is 5.78 Å². The lowest BCUT2D eigenvalue weighted by molar-refractivity contribution is 0.104. The lowest BCUT2D eigenvalue weighted by Crippen LogP contribution is -1.98. The summed E-state index contributed by atoms with van der Waals surface area (Å²) in [6.45, 7) is 0. The third-order valence-corrected chi connectivity index (χ3v) is 4.15. The van der Waals surface area contributed by atoms with Crippen molar-refractivity contribution < 1.29 is 9.53 Å². The van der Waals surface area contributed by atoms with Crippen molar-refractivity contribution in [2.24, 2.45) is 0 Å². The van der Waals surface area contributed by atoms with Crippen molar-refractivity contribution in [3.05, 3.63) is 77.9 Å². The summed E-state index contributed by atoms with van der Waals surface area (Å²) in [5.74, 6) is 0.919. The molecule has 0 aliphatic heterocycles. The Morgan fingerprint density at radius 1 is 0.682 bits per heavy atom. The van der Waals surface area contributed by atoms with E-state index in [2.05, 4.69) is 0 Å². The van der Waals surface area contributed by atoms with Gasteiger partial charge in [-0.05, 0) is 34.4 Å². The van der Waals surface area contributed by atoms with E-state index < -0.39 is 0 Å². The molecule has 22 heavy (non-hydrogen) atoms. The Balaban J connectivity index is 1.92. The molecule has 3 aromatic carbocycles. The van der Waals surface area contributed by atoms with Crippen LogP contribution < -0.4 is 4.74 Å². The number of rotatable bonds is 2. The fraction of sp³-hybridized carbons (Fsp3) is 0.0500. The molecule has 0 fully saturated rings. The molecule has 0 saturated carbocycles. The van der Waals surface area contributed by atoms with Gasteiger partial charge < -0.3 is 4.74 Å². The number of carbonyl (C=O) groups excluding carboxylic acids is 1. The van der Waals surface area contributed by atoms with Crippen molar-refractivity contribution >= 4 is 5.78 Å². The van der Waals surface area contributed by atoms with Gasteiger partial charge in [0.2, 0.25) is 0 Å². The van der Waals surface area contributed by atoms with Crippen molar-refractivity contribution in [2.45, 2.75) is 0 Å². The molecule has 2 nitrogen and oxygen atoms in total. The van der Waals surface area contributed by atoms with E-state index in [1.54, 1.807) is 7.11 Å². The Kier molecular flexibility index (Phi) is 2.83. The van der Waals surface area contributed by atoms with Gasteiger partial charge in [0, 0.05) is 11.1 Å². The molecule has 0 bridgehead atoms. The molecule has 4 rings (SSSR count). The fourth-order valence-electron chi connectivity index (χ4n) is 3.08. The molecule has 0 heterocycles. The SMILES string of the molecule is COc1ccc(-c2cccc3c2C(=O)c2ccccc2-3)cc1. The lowest BCUT2D eigenvalue weighted by Gasteiger charge is -2.08. The summed E-state index contributed by atoms with van der Waals surface area (Å²) in [6.07, 6.45) is 0. The van der Waals surface area contributed by atoms with E-state index in [1.165, 1.54) is 0 Å². The number of ether oxygens (including phenoxy) is 1. The Bertz CT molecular complexity index is 876. The second-order valence-electron chi connectivity index (χ2n) is 5.33. The number of hydrogen-bond acceptors (Lipinski definition) is 2. The van der Waals surface area contributed by atoms with Crippen LogP contribution in [0.25, 0.3) is 22.3 Å². The molecule has 0 atom stereocenters. The zero-order valence-corrected chi connectivity index (χ0v) is 12.2. The Labute approximate surface area is 129 Å². The highest BCUT2D eigenvalue weighted by Gasteiger charge is 2.28. The van der Waals surface area contributed by atoms with Crippen LogP contribution in [-0.2, 0) is 0 Å². The predicted octanol–water partition coefficient (Wildman–Crippen LogP) is 4.57. The highest BCUT2D eigenvalue weighted by molar-refractivity contribution is 6.24. The molecular weight excluding hydrogens is 272 g/mol. The Morgan fingerprint density at radius 2 is 1.32 bits per heavy atom. The van der Waals surface area contributed by atoms with Gasteiger partial charge in [-0.2, -0.15) is 0 Å². The highest BCUT2D eigenvalue weighted by atomic mass is 16.5. The van der Waals surface area contributed by atoms with E-state index in [0.717, 1.165) is 39.1 Å². The van der Waals surface area contributed by atoms with Crippen LogP contribution in [0.1, 0.15) is 15.9 Å². The van der Waals surface area contributed by atoms with Crippen molar-refractivity contribution in [3.63, 3.8) is 0 Å². The van der Waals surface area contributed by atoms with E-state index in [9.17, 15) is 4.79 Å². The lowest BCUT2D eigenvalue weighted by atomic mass is 9.95. The van der Waals surface area contributed by atoms with E-state index in [-0.39, 0.29) is 5.78 Å². The van der Waals surface area contributed by atoms with Gasteiger partial charge in [-0.3, -0.25) is 4.79 Å². The van der Waals surface area contributed by atoms with E-state index in [4.69, 9.17) is 4.74 Å². The second kappa shape index (κ2) is 4.85. The molecule has 0 spiro atoms. The number of hydrogen-bond donors (Lipinski definition) is 0. The van der Waals surface area contributed by atoms with Crippen LogP contribution in [0, 0.1) is 0 Å². The molecule has 1 aliphatic carbocycles. The van der Waals surface area contributed by atoms with Crippen molar-refractivity contribution in [1.29, 1.82) is 0 Å². The number of benzene rings is 3. The first-order valence-electron chi connectivity index (χ1n) is 7.21. The van der Waals surface area contributed by atoms with Gasteiger partial charge in [0.1, 0.15) is 5.75 Å². The highest BCUT2D eigenvalue weighted by Crippen LogP contribution is 2.41. The van der Waals surface area contributed by atoms with Crippen molar-refractivity contribution in [3.8, 4) is 28.0 Å². The minimum absolute atomic E-state index is 0.108. The van der Waals surface area contributed by atoms with Crippen LogP contribution >= 0.6 is 0 Å². The average molecular weight is 286 g/mol. The summed E-state index contributed by atoms with van der Waals surface area (Å²) in [4.78, 5) is 12.8. The van der Waals surface area contributed by atoms with Crippen LogP contribution in [0.15, 0.2) is 66.7 Å². The second-order valence-corrected chi connectivity index (χ2v) is 5.33. The molecule has 0 radical (unpaired) electrons. The average Bonchev–Trinajstić information content (AvgIpc) is 2.89. The van der Waals surface area contributed by atoms with Gasteiger partial charge in [0.05, 0.1) is 7.11 Å². The zero-order valence-electron chi connectivity index (χ0n) is 12.2. The topological polar surface area (TPSA) is 26.3 Å². The minimum Gasteiger partial charge on any atom is -0.497 e. The van der Waals surface area contributed by atoms with Crippen LogP contribution in [0.5, 0.6) is 5.75 Å². The molecule has 0 aromatic heterocycles. The summed E-state index contributed by atoms with van der Waals surface area (Å²) in [5.41, 5.74) is 5.64. The van der Waals surface area contributed by atoms with Gasteiger partial charge >= 0.3 is 0 Å². The standard InChI is InChI=1S/C20H14O2/c1-22-14-11-9-13(10-12-14)15-7-4-8-17-16-5-2-3-6-18(16)20(21)19(15)17/h2-12H,1H3. The predicted molar refractivity (Wildman–Crippen MR) is 87.3 cm³/mol. The summed E-state index contributed by atoms with van der Waals surface area (Å²) < 4.78 is 5.20. The van der Waals surface area contributed by atoms with Crippen LogP contribution in [0.4, 0.5) is 0 Å². The summed E-state index contributed by atoms with van der Waals surface area (Å²) >= 11 is 0. The summed E-state index contributed by atoms with van der Waals surface area (Å²) in [7, 11) is 1.65. The number of fused-ring (bicyclic) bond motifs is 3. The first-order valence-corrected chi connectivity index (χ1v) is 7.21. The van der Waals surface area contributed by atoms with Crippen molar-refractivity contribution in [1.82, 2.24) is 0 Å². The maximum Gasteiger partial charge on any atom is 0.194 e. The first kappa shape index (κ1) is 12.8. The number of methoxy groups -OCH3 is 1. The molecule has 1 aliphatic rings. The fourth-order valence-corrected chi connectivity index (χ4v) is 3.08.